The summed E-state index contributed by atoms with van der Waals surface area (Å²) < 4.78 is 16.6. The number of ether oxygens (including phenoxy) is 2. The Labute approximate surface area is 204 Å². The number of hydrogen-bond acceptors (Lipinski definition) is 8. The molecule has 1 aliphatic carbocycles. The normalized spacial score (nSPS) is 21.1. The molecule has 1 amide bonds. The minimum absolute atomic E-state index is 0.0290. The van der Waals surface area contributed by atoms with Crippen LogP contribution >= 0.6 is 0 Å². The van der Waals surface area contributed by atoms with Gasteiger partial charge < -0.3 is 25.1 Å². The molecule has 1 fully saturated rings. The van der Waals surface area contributed by atoms with E-state index in [2.05, 4.69) is 15.1 Å². The summed E-state index contributed by atoms with van der Waals surface area (Å²) in [6, 6.07) is -0.0290. The molecule has 10 nitrogen and oxygen atoms in total. The van der Waals surface area contributed by atoms with E-state index in [0.717, 1.165) is 48.8 Å². The number of phenols is 1. The summed E-state index contributed by atoms with van der Waals surface area (Å²) in [5.41, 5.74) is 1.62. The molecular formula is C25H33N3O7. The zero-order valence-electron chi connectivity index (χ0n) is 20.9. The van der Waals surface area contributed by atoms with Gasteiger partial charge in [-0.25, -0.2) is 4.79 Å². The van der Waals surface area contributed by atoms with E-state index < -0.39 is 23.6 Å². The highest BCUT2D eigenvalue weighted by molar-refractivity contribution is 5.87. The molecule has 1 aliphatic heterocycles. The lowest BCUT2D eigenvalue weighted by molar-refractivity contribution is -0.807. The van der Waals surface area contributed by atoms with Crippen molar-refractivity contribution in [2.45, 2.75) is 97.3 Å². The number of aromatic hydroxyl groups is 1. The molecule has 0 radical (unpaired) electrons. The molecule has 1 aromatic carbocycles. The quantitative estimate of drug-likeness (QED) is 0.485. The monoisotopic (exact) mass is 487 g/mol. The lowest BCUT2D eigenvalue weighted by Gasteiger charge is -2.36. The highest BCUT2D eigenvalue weighted by atomic mass is 16.8. The maximum Gasteiger partial charge on any atom is 0.351 e. The first kappa shape index (κ1) is 24.8. The highest BCUT2D eigenvalue weighted by Crippen LogP contribution is 2.44. The summed E-state index contributed by atoms with van der Waals surface area (Å²) in [4.78, 5) is 26.9. The first-order chi connectivity index (χ1) is 16.5. The van der Waals surface area contributed by atoms with E-state index in [-0.39, 0.29) is 34.5 Å². The van der Waals surface area contributed by atoms with Crippen molar-refractivity contribution in [1.29, 1.82) is 0 Å². The zero-order chi connectivity index (χ0) is 25.5. The molecule has 2 heterocycles. The van der Waals surface area contributed by atoms with Crippen molar-refractivity contribution in [2.75, 3.05) is 0 Å². The Morgan fingerprint density at radius 2 is 1.86 bits per heavy atom. The minimum atomic E-state index is -1.45. The van der Waals surface area contributed by atoms with E-state index in [1.54, 1.807) is 13.8 Å². The summed E-state index contributed by atoms with van der Waals surface area (Å²) >= 11 is 0. The molecule has 35 heavy (non-hydrogen) atoms. The van der Waals surface area contributed by atoms with Crippen LogP contribution in [-0.2, 0) is 20.7 Å². The molecule has 0 spiro atoms. The molecule has 2 atom stereocenters. The Morgan fingerprint density at radius 1 is 1.17 bits per heavy atom. The molecule has 1 saturated carbocycles. The fraction of sp³-hybridized carbons (Fsp3) is 0.600. The van der Waals surface area contributed by atoms with Crippen LogP contribution in [-0.4, -0.2) is 33.8 Å². The van der Waals surface area contributed by atoms with Crippen LogP contribution in [0.1, 0.15) is 85.2 Å². The third-order valence-electron chi connectivity index (χ3n) is 7.47. The third kappa shape index (κ3) is 4.53. The predicted molar refractivity (Wildman–Crippen MR) is 124 cm³/mol. The van der Waals surface area contributed by atoms with Gasteiger partial charge in [0.2, 0.25) is 5.60 Å². The van der Waals surface area contributed by atoms with Crippen molar-refractivity contribution >= 4 is 11.9 Å². The summed E-state index contributed by atoms with van der Waals surface area (Å²) in [7, 11) is 0. The Bertz CT molecular complexity index is 1150. The van der Waals surface area contributed by atoms with Crippen LogP contribution in [0.3, 0.4) is 0 Å². The van der Waals surface area contributed by atoms with E-state index >= 15 is 0 Å². The van der Waals surface area contributed by atoms with Gasteiger partial charge in [-0.2, -0.15) is 0 Å². The molecule has 2 aliphatic rings. The molecular weight excluding hydrogens is 454 g/mol. The van der Waals surface area contributed by atoms with Crippen LogP contribution < -0.4 is 15.0 Å². The van der Waals surface area contributed by atoms with Crippen molar-refractivity contribution in [3.05, 3.63) is 38.8 Å². The number of nitrogens with zero attached hydrogens (tertiary/aromatic N) is 2. The van der Waals surface area contributed by atoms with Crippen molar-refractivity contribution in [3.8, 4) is 11.5 Å². The molecule has 4 rings (SSSR count). The first-order valence-corrected chi connectivity index (χ1v) is 12.1. The number of amides is 1. The van der Waals surface area contributed by atoms with Gasteiger partial charge in [0.15, 0.2) is 5.69 Å². The second-order valence-electron chi connectivity index (χ2n) is 9.89. The molecule has 2 unspecified atom stereocenters. The van der Waals surface area contributed by atoms with E-state index in [9.17, 15) is 19.9 Å². The SMILES string of the molecule is Cc1c(C)c2c(c(C)c1O)CCC(C)(C(=O)OC(C(=O)NC1CCCCC1)c1no[n+]([O-])c1C)O2. The minimum Gasteiger partial charge on any atom is -0.507 e. The van der Waals surface area contributed by atoms with Gasteiger partial charge in [-0.15, -0.1) is 0 Å². The number of carbonyl (C=O) groups is 2. The van der Waals surface area contributed by atoms with Gasteiger partial charge in [0, 0.05) is 30.1 Å². The topological polar surface area (TPSA) is 138 Å². The number of esters is 1. The van der Waals surface area contributed by atoms with E-state index in [4.69, 9.17) is 9.47 Å². The van der Waals surface area contributed by atoms with Crippen molar-refractivity contribution in [3.63, 3.8) is 0 Å². The van der Waals surface area contributed by atoms with Crippen LogP contribution in [0, 0.1) is 32.9 Å². The van der Waals surface area contributed by atoms with Crippen LogP contribution in [0.2, 0.25) is 0 Å². The summed E-state index contributed by atoms with van der Waals surface area (Å²) in [6.07, 6.45) is 4.16. The van der Waals surface area contributed by atoms with Gasteiger partial charge >= 0.3 is 5.97 Å². The fourth-order valence-electron chi connectivity index (χ4n) is 4.92. The lowest BCUT2D eigenvalue weighted by Crippen LogP contribution is -2.48. The molecule has 190 valence electrons. The Balaban J connectivity index is 1.60. The van der Waals surface area contributed by atoms with Crippen LogP contribution in [0.25, 0.3) is 0 Å². The number of benzene rings is 1. The number of hydrogen-bond donors (Lipinski definition) is 2. The second-order valence-corrected chi connectivity index (χ2v) is 9.89. The summed E-state index contributed by atoms with van der Waals surface area (Å²) in [6.45, 7) is 8.51. The van der Waals surface area contributed by atoms with Crippen LogP contribution in [0.5, 0.6) is 11.5 Å². The number of aromatic nitrogens is 2. The van der Waals surface area contributed by atoms with E-state index in [1.165, 1.54) is 6.92 Å². The van der Waals surface area contributed by atoms with Gasteiger partial charge in [-0.1, -0.05) is 19.3 Å². The summed E-state index contributed by atoms with van der Waals surface area (Å²) in [5.74, 6) is -0.519. The number of fused-ring (bicyclic) bond motifs is 1. The van der Waals surface area contributed by atoms with Gasteiger partial charge in [-0.3, -0.25) is 9.42 Å². The molecule has 2 aromatic rings. The molecule has 0 bridgehead atoms. The predicted octanol–water partition coefficient (Wildman–Crippen LogP) is 3.06. The highest BCUT2D eigenvalue weighted by Gasteiger charge is 2.46. The number of rotatable bonds is 5. The van der Waals surface area contributed by atoms with Crippen molar-refractivity contribution < 1.29 is 33.7 Å². The third-order valence-corrected chi connectivity index (χ3v) is 7.47. The standard InChI is InChI=1S/C25H33N3O7/c1-13-14(2)21-18(15(3)20(13)29)11-12-25(5,34-21)24(31)33-22(19-16(4)28(32)35-27-19)23(30)26-17-9-7-6-8-10-17/h17,22,29H,6-12H2,1-5H3,(H,26,30). The smallest absolute Gasteiger partial charge is 0.351 e. The van der Waals surface area contributed by atoms with Crippen molar-refractivity contribution in [1.82, 2.24) is 10.5 Å². The maximum atomic E-state index is 13.5. The van der Waals surface area contributed by atoms with E-state index in [1.807, 2.05) is 13.8 Å². The van der Waals surface area contributed by atoms with E-state index in [0.29, 0.717) is 17.7 Å². The second kappa shape index (κ2) is 9.39. The van der Waals surface area contributed by atoms with Gasteiger partial charge in [0.1, 0.15) is 11.5 Å². The lowest BCUT2D eigenvalue weighted by atomic mass is 9.87. The molecule has 10 heteroatoms. The number of nitrogens with one attached hydrogen (secondary N) is 1. The van der Waals surface area contributed by atoms with Gasteiger partial charge in [0.05, 0.1) is 0 Å². The first-order valence-electron chi connectivity index (χ1n) is 12.1. The van der Waals surface area contributed by atoms with Crippen LogP contribution in [0.15, 0.2) is 4.63 Å². The molecule has 0 saturated heterocycles. The van der Waals surface area contributed by atoms with Gasteiger partial charge in [0.25, 0.3) is 17.7 Å². The molecule has 2 N–H and O–H groups in total. The average molecular weight is 488 g/mol. The number of phenolic OH excluding ortho intramolecular Hbond substituents is 1. The van der Waals surface area contributed by atoms with Crippen molar-refractivity contribution in [2.24, 2.45) is 0 Å². The van der Waals surface area contributed by atoms with Crippen LogP contribution in [0.4, 0.5) is 0 Å². The zero-order valence-corrected chi connectivity index (χ0v) is 20.9. The largest absolute Gasteiger partial charge is 0.507 e. The fourth-order valence-corrected chi connectivity index (χ4v) is 4.92. The summed E-state index contributed by atoms with van der Waals surface area (Å²) in [5, 5.41) is 28.9. The maximum absolute atomic E-state index is 13.5. The van der Waals surface area contributed by atoms with Gasteiger partial charge in [-0.05, 0) is 68.6 Å². The Morgan fingerprint density at radius 3 is 2.49 bits per heavy atom. The molecule has 1 aromatic heterocycles. The Hall–Kier alpha value is -3.30. The average Bonchev–Trinajstić information content (AvgIpc) is 3.17. The Kier molecular flexibility index (Phi) is 6.66. The number of carbonyl (C=O) groups excluding carboxylic acids is 2.